The molecule has 0 aliphatic carbocycles. The summed E-state index contributed by atoms with van der Waals surface area (Å²) >= 11 is 0. The Kier molecular flexibility index (Phi) is 13.1. The van der Waals surface area contributed by atoms with Crippen LogP contribution in [0.3, 0.4) is 0 Å². The quantitative estimate of drug-likeness (QED) is 0.174. The molecule has 2 heterocycles. The van der Waals surface area contributed by atoms with Crippen molar-refractivity contribution in [3.05, 3.63) is 36.4 Å². The van der Waals surface area contributed by atoms with E-state index in [0.717, 1.165) is 0 Å². The van der Waals surface area contributed by atoms with Crippen molar-refractivity contribution in [1.82, 2.24) is 30.6 Å². The van der Waals surface area contributed by atoms with Crippen LogP contribution in [0.1, 0.15) is 11.4 Å². The molecule has 0 fully saturated rings. The third-order valence-electron chi connectivity index (χ3n) is 3.55. The normalized spacial score (nSPS) is 11.7. The van der Waals surface area contributed by atoms with Crippen LogP contribution < -0.4 is 32.3 Å². The fourth-order valence-electron chi connectivity index (χ4n) is 2.12. The minimum Gasteiger partial charge on any atom is -0.548 e. The summed E-state index contributed by atoms with van der Waals surface area (Å²) in [6.07, 6.45) is 6.07. The van der Waals surface area contributed by atoms with Gasteiger partial charge in [0.05, 0.1) is 61.2 Å². The fourth-order valence-corrected chi connectivity index (χ4v) is 2.12. The second-order valence-corrected chi connectivity index (χ2v) is 5.82. The molecule has 0 unspecified atom stereocenters. The maximum absolute atomic E-state index is 10.9. The topological polar surface area (TPSA) is 248 Å². The van der Waals surface area contributed by atoms with E-state index in [-0.39, 0.29) is 43.0 Å². The molecule has 2 aromatic heterocycles. The number of H-pyrrole nitrogens is 2. The molecule has 2 atom stereocenters. The Bertz CT molecular complexity index is 746. The molecule has 0 aromatic carbocycles. The Labute approximate surface area is 187 Å². The number of hydrogen-bond acceptors (Lipinski definition) is 10. The number of aromatic amines is 2. The van der Waals surface area contributed by atoms with Gasteiger partial charge in [0.25, 0.3) is 0 Å². The number of hydrogen-bond donors (Lipinski definition) is 6. The number of nitrogens with one attached hydrogen (secondary N) is 4. The van der Waals surface area contributed by atoms with E-state index in [2.05, 4.69) is 30.6 Å². The zero-order valence-electron chi connectivity index (χ0n) is 16.1. The van der Waals surface area contributed by atoms with Gasteiger partial charge in [-0.1, -0.05) is 0 Å². The monoisotopic (exact) mass is 485 g/mol. The van der Waals surface area contributed by atoms with Crippen molar-refractivity contribution >= 4 is 23.8 Å². The number of nitrogens with zero attached hydrogens (tertiary/aromatic N) is 2. The van der Waals surface area contributed by atoms with Gasteiger partial charge in [-0.3, -0.25) is 9.59 Å². The van der Waals surface area contributed by atoms with Crippen molar-refractivity contribution in [2.45, 2.75) is 24.9 Å². The SMILES string of the molecule is NCC(=O)N[C@@H](Cc1c[nH]cn1)C(=O)[O-].NCC(=O)N[C@@H](Cc1c[nH]cn1)C(=O)[O-].[Cu+2]. The molecule has 0 spiro atoms. The van der Waals surface area contributed by atoms with Gasteiger partial charge in [0.15, 0.2) is 0 Å². The van der Waals surface area contributed by atoms with Gasteiger partial charge in [0.1, 0.15) is 0 Å². The molecule has 0 saturated heterocycles. The van der Waals surface area contributed by atoms with E-state index in [1.807, 2.05) is 0 Å². The molecule has 31 heavy (non-hydrogen) atoms. The van der Waals surface area contributed by atoms with Crippen molar-refractivity contribution in [3.63, 3.8) is 0 Å². The van der Waals surface area contributed by atoms with Gasteiger partial charge in [-0.2, -0.15) is 0 Å². The van der Waals surface area contributed by atoms with Crippen molar-refractivity contribution in [3.8, 4) is 0 Å². The van der Waals surface area contributed by atoms with Gasteiger partial charge in [0, 0.05) is 25.2 Å². The Morgan fingerprint density at radius 3 is 1.42 bits per heavy atom. The van der Waals surface area contributed by atoms with Crippen LogP contribution in [-0.2, 0) is 49.1 Å². The van der Waals surface area contributed by atoms with E-state index in [1.165, 1.54) is 12.7 Å². The van der Waals surface area contributed by atoms with Crippen LogP contribution in [0.25, 0.3) is 0 Å². The number of carboxylic acids is 2. The summed E-state index contributed by atoms with van der Waals surface area (Å²) in [5, 5.41) is 25.8. The van der Waals surface area contributed by atoms with Gasteiger partial charge in [-0.15, -0.1) is 0 Å². The van der Waals surface area contributed by atoms with Crippen LogP contribution in [0.2, 0.25) is 0 Å². The predicted molar refractivity (Wildman–Crippen MR) is 96.6 cm³/mol. The summed E-state index contributed by atoms with van der Waals surface area (Å²) in [5.41, 5.74) is 11.2. The first-order chi connectivity index (χ1) is 14.3. The van der Waals surface area contributed by atoms with Gasteiger partial charge in [-0.25, -0.2) is 9.97 Å². The number of amides is 2. The van der Waals surface area contributed by atoms with E-state index < -0.39 is 35.8 Å². The number of carbonyl (C=O) groups is 4. The molecule has 0 saturated carbocycles. The van der Waals surface area contributed by atoms with Gasteiger partial charge >= 0.3 is 17.1 Å². The number of imidazole rings is 2. The second kappa shape index (κ2) is 14.7. The molecule has 173 valence electrons. The molecule has 2 rings (SSSR count). The number of carbonyl (C=O) groups excluding carboxylic acids is 4. The van der Waals surface area contributed by atoms with E-state index in [1.54, 1.807) is 12.4 Å². The van der Waals surface area contributed by atoms with Crippen molar-refractivity contribution in [2.24, 2.45) is 11.5 Å². The molecule has 1 radical (unpaired) electrons. The molecule has 15 heteroatoms. The number of nitrogens with two attached hydrogens (primary N) is 2. The molecular weight excluding hydrogens is 464 g/mol. The van der Waals surface area contributed by atoms with Crippen LogP contribution in [-0.4, -0.2) is 68.9 Å². The van der Waals surface area contributed by atoms with Crippen LogP contribution in [0.5, 0.6) is 0 Å². The number of aliphatic carboxylic acids is 2. The first-order valence-corrected chi connectivity index (χ1v) is 8.62. The molecule has 8 N–H and O–H groups in total. The van der Waals surface area contributed by atoms with E-state index in [9.17, 15) is 29.4 Å². The van der Waals surface area contributed by atoms with Crippen LogP contribution >= 0.6 is 0 Å². The first-order valence-electron chi connectivity index (χ1n) is 8.62. The summed E-state index contributed by atoms with van der Waals surface area (Å²) in [5.74, 6) is -3.81. The standard InChI is InChI=1S/2C8H12N4O3.Cu/c2*9-2-7(13)12-6(8(14)15)1-5-3-10-4-11-5;/h2*3-4,6H,1-2,9H2,(H,10,11)(H,12,13)(H,14,15);/q;;+2/p-2/t2*6-;/m00./s1. The Balaban J connectivity index is 0.000000562. The van der Waals surface area contributed by atoms with Crippen molar-refractivity contribution < 1.29 is 46.5 Å². The van der Waals surface area contributed by atoms with E-state index in [4.69, 9.17) is 11.5 Å². The second-order valence-electron chi connectivity index (χ2n) is 5.82. The average molecular weight is 486 g/mol. The van der Waals surface area contributed by atoms with Crippen LogP contribution in [0.4, 0.5) is 0 Å². The number of carboxylic acid groups (broad SMARTS) is 2. The smallest absolute Gasteiger partial charge is 0.548 e. The Morgan fingerprint density at radius 1 is 0.839 bits per heavy atom. The molecule has 2 amide bonds. The summed E-state index contributed by atoms with van der Waals surface area (Å²) in [7, 11) is 0. The predicted octanol–water partition coefficient (Wildman–Crippen LogP) is -5.71. The molecule has 0 bridgehead atoms. The van der Waals surface area contributed by atoms with Crippen molar-refractivity contribution in [1.29, 1.82) is 0 Å². The average Bonchev–Trinajstić information content (AvgIpc) is 3.41. The third-order valence-corrected chi connectivity index (χ3v) is 3.55. The zero-order chi connectivity index (χ0) is 22.5. The number of rotatable bonds is 10. The largest absolute Gasteiger partial charge is 2.00 e. The third kappa shape index (κ3) is 10.9. The Morgan fingerprint density at radius 2 is 1.19 bits per heavy atom. The van der Waals surface area contributed by atoms with Crippen LogP contribution in [0, 0.1) is 0 Å². The molecule has 14 nitrogen and oxygen atoms in total. The Hall–Kier alpha value is -3.26. The minimum absolute atomic E-state index is 0. The maximum Gasteiger partial charge on any atom is 2.00 e. The molecule has 2 aromatic rings. The molecular formula is C16H22CuN8O6. The van der Waals surface area contributed by atoms with E-state index in [0.29, 0.717) is 11.4 Å². The van der Waals surface area contributed by atoms with E-state index >= 15 is 0 Å². The fraction of sp³-hybridized carbons (Fsp3) is 0.375. The summed E-state index contributed by atoms with van der Waals surface area (Å²) in [6.45, 7) is -0.519. The summed E-state index contributed by atoms with van der Waals surface area (Å²) in [4.78, 5) is 56.2. The summed E-state index contributed by atoms with van der Waals surface area (Å²) in [6, 6.07) is -2.21. The van der Waals surface area contributed by atoms with Gasteiger partial charge in [-0.05, 0) is 0 Å². The van der Waals surface area contributed by atoms with Crippen molar-refractivity contribution in [2.75, 3.05) is 13.1 Å². The van der Waals surface area contributed by atoms with Crippen LogP contribution in [0.15, 0.2) is 25.0 Å². The van der Waals surface area contributed by atoms with Gasteiger partial charge < -0.3 is 51.9 Å². The molecule has 0 aliphatic rings. The molecule has 0 aliphatic heterocycles. The van der Waals surface area contributed by atoms with Gasteiger partial charge in [0.2, 0.25) is 11.8 Å². The number of aromatic nitrogens is 4. The zero-order valence-corrected chi connectivity index (χ0v) is 17.0. The minimum atomic E-state index is -1.36. The maximum atomic E-state index is 10.9. The first kappa shape index (κ1) is 27.7. The summed E-state index contributed by atoms with van der Waals surface area (Å²) < 4.78 is 0.